The van der Waals surface area contributed by atoms with Crippen molar-refractivity contribution in [1.29, 1.82) is 0 Å². The third-order valence-corrected chi connectivity index (χ3v) is 2.39. The molecule has 2 rings (SSSR count). The van der Waals surface area contributed by atoms with E-state index in [1.807, 2.05) is 37.4 Å². The molecular weight excluding hydrogens is 226 g/mol. The van der Waals surface area contributed by atoms with Crippen LogP contribution in [0.2, 0.25) is 0 Å². The van der Waals surface area contributed by atoms with Crippen LogP contribution in [0, 0.1) is 0 Å². The van der Waals surface area contributed by atoms with Gasteiger partial charge >= 0.3 is 0 Å². The molecule has 0 amide bonds. The normalized spacial score (nSPS) is 12.2. The van der Waals surface area contributed by atoms with Gasteiger partial charge in [0.25, 0.3) is 0 Å². The first-order valence-electron chi connectivity index (χ1n) is 5.86. The second-order valence-corrected chi connectivity index (χ2v) is 3.82. The van der Waals surface area contributed by atoms with E-state index >= 15 is 0 Å². The Balaban J connectivity index is 2.17. The van der Waals surface area contributed by atoms with Gasteiger partial charge in [-0.05, 0) is 31.1 Å². The zero-order valence-corrected chi connectivity index (χ0v) is 10.5. The molecule has 1 N–H and O–H groups in total. The van der Waals surface area contributed by atoms with Gasteiger partial charge in [0.2, 0.25) is 5.82 Å². The summed E-state index contributed by atoms with van der Waals surface area (Å²) >= 11 is 0. The number of allylic oxidation sites excluding steroid dienone is 4. The highest BCUT2D eigenvalue weighted by Gasteiger charge is 2.05. The highest BCUT2D eigenvalue weighted by molar-refractivity contribution is 5.59. The maximum Gasteiger partial charge on any atom is 0.219 e. The molecule has 18 heavy (non-hydrogen) atoms. The first-order chi connectivity index (χ1) is 8.81. The van der Waals surface area contributed by atoms with E-state index in [9.17, 15) is 0 Å². The lowest BCUT2D eigenvalue weighted by atomic mass is 10.2. The number of rotatable bonds is 4. The van der Waals surface area contributed by atoms with E-state index in [-0.39, 0.29) is 0 Å². The minimum absolute atomic E-state index is 0.501. The molecule has 0 atom stereocenters. The monoisotopic (exact) mass is 241 g/mol. The highest BCUT2D eigenvalue weighted by atomic mass is 15.3. The predicted molar refractivity (Wildman–Crippen MR) is 70.5 cm³/mol. The second kappa shape index (κ2) is 5.86. The van der Waals surface area contributed by atoms with Crippen molar-refractivity contribution in [2.24, 2.45) is 0 Å². The minimum Gasteiger partial charge on any atom is -0.359 e. The van der Waals surface area contributed by atoms with Crippen LogP contribution >= 0.6 is 0 Å². The minimum atomic E-state index is 0.501. The molecule has 0 aliphatic heterocycles. The van der Waals surface area contributed by atoms with E-state index in [1.54, 1.807) is 0 Å². The Morgan fingerprint density at radius 3 is 2.67 bits per heavy atom. The van der Waals surface area contributed by atoms with E-state index in [0.717, 1.165) is 17.7 Å². The maximum absolute atomic E-state index is 4.07. The Kier molecular flexibility index (Phi) is 3.96. The molecule has 0 unspecified atom stereocenters. The molecule has 0 fully saturated rings. The molecule has 5 nitrogen and oxygen atoms in total. The van der Waals surface area contributed by atoms with Gasteiger partial charge in [0.15, 0.2) is 5.82 Å². The molecule has 0 spiro atoms. The van der Waals surface area contributed by atoms with Crippen LogP contribution in [0.25, 0.3) is 17.1 Å². The lowest BCUT2D eigenvalue weighted by Gasteiger charge is -1.98. The Morgan fingerprint density at radius 1 is 1.28 bits per heavy atom. The summed E-state index contributed by atoms with van der Waals surface area (Å²) in [6, 6.07) is 3.76. The quantitative estimate of drug-likeness (QED) is 0.835. The van der Waals surface area contributed by atoms with E-state index in [0.29, 0.717) is 11.6 Å². The first kappa shape index (κ1) is 12.2. The molecular formula is C13H15N5. The zero-order chi connectivity index (χ0) is 12.8. The van der Waals surface area contributed by atoms with Gasteiger partial charge in [-0.2, -0.15) is 0 Å². The summed E-state index contributed by atoms with van der Waals surface area (Å²) in [5, 5.41) is 16.2. The molecule has 0 saturated heterocycles. The van der Waals surface area contributed by atoms with Gasteiger partial charge < -0.3 is 4.98 Å². The lowest BCUT2D eigenvalue weighted by Crippen LogP contribution is -2.01. The Labute approximate surface area is 106 Å². The van der Waals surface area contributed by atoms with Gasteiger partial charge in [-0.25, -0.2) is 0 Å². The average Bonchev–Trinajstić information content (AvgIpc) is 2.93. The van der Waals surface area contributed by atoms with Crippen molar-refractivity contribution in [3.8, 4) is 11.5 Å². The highest BCUT2D eigenvalue weighted by Crippen LogP contribution is 2.11. The molecule has 0 bridgehead atoms. The van der Waals surface area contributed by atoms with Crippen molar-refractivity contribution < 1.29 is 0 Å². The number of nitrogens with one attached hydrogen (secondary N) is 1. The topological polar surface area (TPSA) is 67.3 Å². The number of hydrogen-bond acceptors (Lipinski definition) is 4. The van der Waals surface area contributed by atoms with E-state index in [4.69, 9.17) is 0 Å². The summed E-state index contributed by atoms with van der Waals surface area (Å²) in [6.45, 7) is 4.03. The van der Waals surface area contributed by atoms with Gasteiger partial charge in [0.1, 0.15) is 0 Å². The van der Waals surface area contributed by atoms with Crippen molar-refractivity contribution in [2.75, 3.05) is 0 Å². The number of aromatic amines is 1. The third kappa shape index (κ3) is 2.88. The number of aromatic nitrogens is 5. The fourth-order valence-electron chi connectivity index (χ4n) is 1.39. The zero-order valence-electron chi connectivity index (χ0n) is 10.5. The van der Waals surface area contributed by atoms with Crippen molar-refractivity contribution in [2.45, 2.75) is 20.3 Å². The van der Waals surface area contributed by atoms with Crippen molar-refractivity contribution in [1.82, 2.24) is 25.4 Å². The van der Waals surface area contributed by atoms with E-state index in [1.165, 1.54) is 0 Å². The SMILES string of the molecule is CC/C=C\C=C(/C)c1nnc(-c2ccc[nH]2)nn1. The summed E-state index contributed by atoms with van der Waals surface area (Å²) in [4.78, 5) is 3.01. The van der Waals surface area contributed by atoms with Crippen LogP contribution in [0.15, 0.2) is 36.6 Å². The lowest BCUT2D eigenvalue weighted by molar-refractivity contribution is 0.839. The van der Waals surface area contributed by atoms with Crippen LogP contribution < -0.4 is 0 Å². The second-order valence-electron chi connectivity index (χ2n) is 3.82. The summed E-state index contributed by atoms with van der Waals surface area (Å²) < 4.78 is 0. The molecule has 0 radical (unpaired) electrons. The molecule has 0 aromatic carbocycles. The molecule has 2 aromatic rings. The fourth-order valence-corrected chi connectivity index (χ4v) is 1.39. The van der Waals surface area contributed by atoms with E-state index in [2.05, 4.69) is 38.4 Å². The summed E-state index contributed by atoms with van der Waals surface area (Å²) in [5.41, 5.74) is 1.76. The first-order valence-corrected chi connectivity index (χ1v) is 5.86. The number of nitrogens with zero attached hydrogens (tertiary/aromatic N) is 4. The standard InChI is InChI=1S/C13H15N5/c1-3-4-5-7-10(2)12-15-17-13(18-16-12)11-8-6-9-14-11/h4-9,14H,3H2,1-2H3/b5-4-,10-7+. The van der Waals surface area contributed by atoms with Gasteiger partial charge in [-0.1, -0.05) is 25.2 Å². The molecule has 0 aliphatic carbocycles. The smallest absolute Gasteiger partial charge is 0.219 e. The number of H-pyrrole nitrogens is 1. The fraction of sp³-hybridized carbons (Fsp3) is 0.231. The summed E-state index contributed by atoms with van der Waals surface area (Å²) in [7, 11) is 0. The van der Waals surface area contributed by atoms with Crippen LogP contribution in [0.5, 0.6) is 0 Å². The molecule has 5 heteroatoms. The van der Waals surface area contributed by atoms with Gasteiger partial charge in [0, 0.05) is 6.20 Å². The molecule has 92 valence electrons. The summed E-state index contributed by atoms with van der Waals surface area (Å²) in [6.07, 6.45) is 8.83. The maximum atomic E-state index is 4.07. The Hall–Kier alpha value is -2.30. The van der Waals surface area contributed by atoms with Crippen LogP contribution in [0.4, 0.5) is 0 Å². The van der Waals surface area contributed by atoms with Gasteiger partial charge in [-0.3, -0.25) is 0 Å². The third-order valence-electron chi connectivity index (χ3n) is 2.39. The van der Waals surface area contributed by atoms with Crippen molar-refractivity contribution in [3.63, 3.8) is 0 Å². The van der Waals surface area contributed by atoms with Crippen LogP contribution in [-0.4, -0.2) is 25.4 Å². The Morgan fingerprint density at radius 2 is 2.06 bits per heavy atom. The molecule has 0 saturated carbocycles. The summed E-state index contributed by atoms with van der Waals surface area (Å²) in [5.74, 6) is 1.05. The van der Waals surface area contributed by atoms with Crippen molar-refractivity contribution >= 4 is 5.57 Å². The van der Waals surface area contributed by atoms with Crippen LogP contribution in [-0.2, 0) is 0 Å². The number of hydrogen-bond donors (Lipinski definition) is 1. The molecule has 2 aromatic heterocycles. The van der Waals surface area contributed by atoms with Gasteiger partial charge in [0.05, 0.1) is 5.69 Å². The van der Waals surface area contributed by atoms with Crippen LogP contribution in [0.3, 0.4) is 0 Å². The van der Waals surface area contributed by atoms with Crippen molar-refractivity contribution in [3.05, 3.63) is 42.4 Å². The average molecular weight is 241 g/mol. The van der Waals surface area contributed by atoms with Gasteiger partial charge in [-0.15, -0.1) is 20.4 Å². The van der Waals surface area contributed by atoms with E-state index < -0.39 is 0 Å². The predicted octanol–water partition coefficient (Wildman–Crippen LogP) is 2.63. The molecule has 0 aliphatic rings. The van der Waals surface area contributed by atoms with Crippen LogP contribution in [0.1, 0.15) is 26.1 Å². The largest absolute Gasteiger partial charge is 0.359 e. The Bertz CT molecular complexity index is 537. The molecule has 2 heterocycles.